The van der Waals surface area contributed by atoms with Crippen molar-refractivity contribution in [3.63, 3.8) is 0 Å². The highest BCUT2D eigenvalue weighted by atomic mass is 14.4. The summed E-state index contributed by atoms with van der Waals surface area (Å²) in [7, 11) is 0. The zero-order valence-corrected chi connectivity index (χ0v) is 13.1. The summed E-state index contributed by atoms with van der Waals surface area (Å²) >= 11 is 0. The van der Waals surface area contributed by atoms with Gasteiger partial charge in [-0.25, -0.2) is 0 Å². The number of allylic oxidation sites excluding steroid dienone is 2. The first-order chi connectivity index (χ1) is 9.80. The minimum atomic E-state index is 0.825. The van der Waals surface area contributed by atoms with Gasteiger partial charge in [0.2, 0.25) is 0 Å². The first-order valence-electron chi connectivity index (χ1n) is 9.05. The number of hydrogen-bond donors (Lipinski definition) is 0. The molecular formula is C20H32. The van der Waals surface area contributed by atoms with Gasteiger partial charge in [0, 0.05) is 0 Å². The van der Waals surface area contributed by atoms with E-state index in [0.717, 1.165) is 35.5 Å². The second kappa shape index (κ2) is 6.50. The third-order valence-corrected chi connectivity index (χ3v) is 6.84. The highest BCUT2D eigenvalue weighted by Crippen LogP contribution is 2.49. The Morgan fingerprint density at radius 1 is 0.500 bits per heavy atom. The minimum absolute atomic E-state index is 0.825. The van der Waals surface area contributed by atoms with Crippen LogP contribution in [-0.2, 0) is 0 Å². The van der Waals surface area contributed by atoms with Gasteiger partial charge < -0.3 is 0 Å². The average molecular weight is 272 g/mol. The Morgan fingerprint density at radius 2 is 0.950 bits per heavy atom. The van der Waals surface area contributed by atoms with Crippen LogP contribution in [0.4, 0.5) is 0 Å². The van der Waals surface area contributed by atoms with Crippen LogP contribution in [0, 0.1) is 35.5 Å². The third kappa shape index (κ3) is 3.05. The molecule has 0 N–H and O–H groups in total. The second-order valence-electron chi connectivity index (χ2n) is 7.81. The van der Waals surface area contributed by atoms with E-state index in [2.05, 4.69) is 25.3 Å². The molecule has 0 aromatic rings. The standard InChI is InChI=1S/C20H32/c1-3-15-5-8-17(9-6-15)19-12-11-18-13-16(4-2)7-10-20(18)14-19/h3-4,15-20H,1-2,5-14H2. The molecule has 0 nitrogen and oxygen atoms in total. The van der Waals surface area contributed by atoms with E-state index < -0.39 is 0 Å². The molecule has 0 heterocycles. The molecule has 0 amide bonds. The molecule has 0 heteroatoms. The molecule has 20 heavy (non-hydrogen) atoms. The zero-order chi connectivity index (χ0) is 13.9. The van der Waals surface area contributed by atoms with Crippen LogP contribution in [0.3, 0.4) is 0 Å². The Hall–Kier alpha value is -0.520. The van der Waals surface area contributed by atoms with Crippen LogP contribution in [-0.4, -0.2) is 0 Å². The van der Waals surface area contributed by atoms with Crippen LogP contribution in [0.5, 0.6) is 0 Å². The van der Waals surface area contributed by atoms with Crippen LogP contribution in [0.2, 0.25) is 0 Å². The first kappa shape index (κ1) is 14.4. The van der Waals surface area contributed by atoms with Crippen molar-refractivity contribution < 1.29 is 0 Å². The van der Waals surface area contributed by atoms with Crippen molar-refractivity contribution in [3.05, 3.63) is 25.3 Å². The smallest absolute Gasteiger partial charge is 0.0233 e. The fourth-order valence-electron chi connectivity index (χ4n) is 5.46. The van der Waals surface area contributed by atoms with Gasteiger partial charge in [0.05, 0.1) is 0 Å². The lowest BCUT2D eigenvalue weighted by molar-refractivity contribution is 0.0706. The maximum absolute atomic E-state index is 4.02. The fraction of sp³-hybridized carbons (Fsp3) is 0.800. The summed E-state index contributed by atoms with van der Waals surface area (Å²) in [6.45, 7) is 8.00. The van der Waals surface area contributed by atoms with E-state index in [1.165, 1.54) is 57.8 Å². The fourth-order valence-corrected chi connectivity index (χ4v) is 5.46. The Bertz CT molecular complexity index is 331. The van der Waals surface area contributed by atoms with Gasteiger partial charge in [0.15, 0.2) is 0 Å². The van der Waals surface area contributed by atoms with Crippen LogP contribution in [0.1, 0.15) is 64.2 Å². The van der Waals surface area contributed by atoms with Crippen molar-refractivity contribution in [1.82, 2.24) is 0 Å². The number of rotatable bonds is 3. The monoisotopic (exact) mass is 272 g/mol. The van der Waals surface area contributed by atoms with Crippen LogP contribution in [0.25, 0.3) is 0 Å². The van der Waals surface area contributed by atoms with Gasteiger partial charge in [-0.05, 0) is 99.7 Å². The quantitative estimate of drug-likeness (QED) is 0.553. The molecule has 3 rings (SSSR count). The van der Waals surface area contributed by atoms with Gasteiger partial charge in [-0.1, -0.05) is 12.2 Å². The molecule has 4 atom stereocenters. The van der Waals surface area contributed by atoms with Gasteiger partial charge in [-0.2, -0.15) is 0 Å². The van der Waals surface area contributed by atoms with Gasteiger partial charge >= 0.3 is 0 Å². The van der Waals surface area contributed by atoms with E-state index in [0.29, 0.717) is 0 Å². The molecule has 0 saturated heterocycles. The third-order valence-electron chi connectivity index (χ3n) is 6.84. The number of hydrogen-bond acceptors (Lipinski definition) is 0. The van der Waals surface area contributed by atoms with Crippen molar-refractivity contribution in [2.24, 2.45) is 35.5 Å². The summed E-state index contributed by atoms with van der Waals surface area (Å²) in [6, 6.07) is 0. The van der Waals surface area contributed by atoms with Crippen LogP contribution < -0.4 is 0 Å². The maximum Gasteiger partial charge on any atom is -0.0233 e. The second-order valence-corrected chi connectivity index (χ2v) is 7.81. The first-order valence-corrected chi connectivity index (χ1v) is 9.05. The van der Waals surface area contributed by atoms with Gasteiger partial charge in [-0.15, -0.1) is 13.2 Å². The lowest BCUT2D eigenvalue weighted by Crippen LogP contribution is -2.34. The molecule has 0 spiro atoms. The topological polar surface area (TPSA) is 0 Å². The summed E-state index contributed by atoms with van der Waals surface area (Å²) in [5, 5.41) is 0. The normalized spacial score (nSPS) is 45.4. The molecule has 3 saturated carbocycles. The largest absolute Gasteiger partial charge is 0.103 e. The molecule has 3 aliphatic rings. The molecule has 0 aromatic heterocycles. The summed E-state index contributed by atoms with van der Waals surface area (Å²) in [4.78, 5) is 0. The molecule has 112 valence electrons. The molecule has 3 aliphatic carbocycles. The summed E-state index contributed by atoms with van der Waals surface area (Å²) in [6.07, 6.45) is 19.1. The Labute approximate surface area is 125 Å². The zero-order valence-electron chi connectivity index (χ0n) is 13.1. The molecular weight excluding hydrogens is 240 g/mol. The van der Waals surface area contributed by atoms with Gasteiger partial charge in [0.25, 0.3) is 0 Å². The lowest BCUT2D eigenvalue weighted by Gasteiger charge is -2.45. The maximum atomic E-state index is 4.02. The van der Waals surface area contributed by atoms with Crippen molar-refractivity contribution >= 4 is 0 Å². The van der Waals surface area contributed by atoms with E-state index in [1.807, 2.05) is 0 Å². The Morgan fingerprint density at radius 3 is 1.60 bits per heavy atom. The Kier molecular flexibility index (Phi) is 4.68. The number of fused-ring (bicyclic) bond motifs is 1. The van der Waals surface area contributed by atoms with Crippen molar-refractivity contribution in [3.8, 4) is 0 Å². The summed E-state index contributed by atoms with van der Waals surface area (Å²) in [5.74, 6) is 5.85. The van der Waals surface area contributed by atoms with Gasteiger partial charge in [0.1, 0.15) is 0 Å². The lowest BCUT2D eigenvalue weighted by atomic mass is 9.61. The van der Waals surface area contributed by atoms with E-state index in [9.17, 15) is 0 Å². The predicted octanol–water partition coefficient (Wildman–Crippen LogP) is 6.00. The molecule has 0 aromatic carbocycles. The highest BCUT2D eigenvalue weighted by Gasteiger charge is 2.37. The van der Waals surface area contributed by atoms with E-state index >= 15 is 0 Å². The van der Waals surface area contributed by atoms with Gasteiger partial charge in [-0.3, -0.25) is 0 Å². The molecule has 0 bridgehead atoms. The van der Waals surface area contributed by atoms with Crippen LogP contribution >= 0.6 is 0 Å². The highest BCUT2D eigenvalue weighted by molar-refractivity contribution is 4.94. The molecule has 0 aliphatic heterocycles. The van der Waals surface area contributed by atoms with Crippen molar-refractivity contribution in [2.45, 2.75) is 64.2 Å². The summed E-state index contributed by atoms with van der Waals surface area (Å²) in [5.41, 5.74) is 0. The molecule has 0 radical (unpaired) electrons. The van der Waals surface area contributed by atoms with Crippen molar-refractivity contribution in [2.75, 3.05) is 0 Å². The predicted molar refractivity (Wildman–Crippen MR) is 87.5 cm³/mol. The summed E-state index contributed by atoms with van der Waals surface area (Å²) < 4.78 is 0. The Balaban J connectivity index is 1.52. The molecule has 3 fully saturated rings. The average Bonchev–Trinajstić information content (AvgIpc) is 2.54. The van der Waals surface area contributed by atoms with Crippen LogP contribution in [0.15, 0.2) is 25.3 Å². The molecule has 4 unspecified atom stereocenters. The SMILES string of the molecule is C=CC1CCC(C2CCC3CC(C=C)CCC3C2)CC1. The van der Waals surface area contributed by atoms with E-state index in [4.69, 9.17) is 0 Å². The van der Waals surface area contributed by atoms with Crippen molar-refractivity contribution in [1.29, 1.82) is 0 Å². The minimum Gasteiger partial charge on any atom is -0.103 e. The van der Waals surface area contributed by atoms with E-state index in [1.54, 1.807) is 6.42 Å². The van der Waals surface area contributed by atoms with E-state index in [-0.39, 0.29) is 0 Å².